The first-order valence-corrected chi connectivity index (χ1v) is 35.0. The van der Waals surface area contributed by atoms with Crippen molar-refractivity contribution >= 4 is 19.7 Å². The van der Waals surface area contributed by atoms with Crippen molar-refractivity contribution in [1.29, 1.82) is 0 Å². The van der Waals surface area contributed by atoms with Gasteiger partial charge in [-0.15, -0.1) is 0 Å². The number of rotatable bonds is 60. The fourth-order valence-corrected chi connectivity index (χ4v) is 10.1. The molecule has 0 rings (SSSR count). The number of amides is 1. The summed E-state index contributed by atoms with van der Waals surface area (Å²) in [5.41, 5.74) is 0. The van der Waals surface area contributed by atoms with Crippen LogP contribution in [0.5, 0.6) is 0 Å². The molecule has 0 aliphatic rings. The number of carbonyl (C=O) groups is 2. The number of nitrogens with one attached hydrogen (secondary N) is 1. The summed E-state index contributed by atoms with van der Waals surface area (Å²) in [4.78, 5) is 40.1. The zero-order chi connectivity index (χ0) is 59.3. The predicted octanol–water partition coefficient (Wildman–Crippen LogP) is 20.5. The second kappa shape index (κ2) is 60.1. The summed E-state index contributed by atoms with van der Waals surface area (Å²) in [5, 5.41) is 3.03. The number of carbonyl (C=O) groups excluding carboxylic acids is 2. The number of likely N-dealkylation sites (N-methyl/N-ethyl adjacent to an activating group) is 1. The Balaban J connectivity index is 5.23. The molecule has 0 saturated heterocycles. The molecule has 3 atom stereocenters. The Labute approximate surface area is 500 Å². The Hall–Kier alpha value is -3.07. The van der Waals surface area contributed by atoms with Crippen molar-refractivity contribution in [3.05, 3.63) is 97.2 Å². The Kier molecular flexibility index (Phi) is 57.8. The molecule has 0 spiro atoms. The number of esters is 1. The molecule has 0 aromatic rings. The highest BCUT2D eigenvalue weighted by Gasteiger charge is 2.27. The first kappa shape index (κ1) is 77.9. The van der Waals surface area contributed by atoms with Crippen LogP contribution in [0.2, 0.25) is 0 Å². The number of phosphoric ester groups is 1. The molecule has 0 heterocycles. The van der Waals surface area contributed by atoms with E-state index in [1.807, 2.05) is 33.3 Å². The van der Waals surface area contributed by atoms with Crippen molar-refractivity contribution in [2.24, 2.45) is 0 Å². The Morgan fingerprint density at radius 3 is 1.22 bits per heavy atom. The lowest BCUT2D eigenvalue weighted by Crippen LogP contribution is -2.47. The topological polar surface area (TPSA) is 114 Å². The van der Waals surface area contributed by atoms with E-state index in [2.05, 4.69) is 111 Å². The molecule has 0 aliphatic carbocycles. The molecule has 1 N–H and O–H groups in total. The van der Waals surface area contributed by atoms with E-state index < -0.39 is 26.6 Å². The number of hydrogen-bond acceptors (Lipinski definition) is 7. The molecular weight excluding hydrogens is 1020 g/mol. The molecule has 0 bridgehead atoms. The van der Waals surface area contributed by atoms with Gasteiger partial charge in [0.2, 0.25) is 5.91 Å². The number of unbranched alkanes of at least 4 members (excludes halogenated alkanes) is 30. The molecule has 3 unspecified atom stereocenters. The maximum atomic E-state index is 13.6. The zero-order valence-electron chi connectivity index (χ0n) is 53.5. The van der Waals surface area contributed by atoms with Crippen LogP contribution in [-0.2, 0) is 27.9 Å². The van der Waals surface area contributed by atoms with E-state index >= 15 is 0 Å². The van der Waals surface area contributed by atoms with Crippen LogP contribution >= 0.6 is 7.82 Å². The number of allylic oxidation sites excluding steroid dienone is 15. The van der Waals surface area contributed by atoms with Crippen LogP contribution in [-0.4, -0.2) is 69.4 Å². The van der Waals surface area contributed by atoms with Crippen molar-refractivity contribution in [2.75, 3.05) is 40.9 Å². The first-order chi connectivity index (χ1) is 39.4. The van der Waals surface area contributed by atoms with E-state index in [1.54, 1.807) is 0 Å². The quantitative estimate of drug-likeness (QED) is 0.0212. The summed E-state index contributed by atoms with van der Waals surface area (Å²) in [5.74, 6) is -0.577. The van der Waals surface area contributed by atoms with Crippen LogP contribution in [0.1, 0.15) is 290 Å². The van der Waals surface area contributed by atoms with Crippen LogP contribution in [0.15, 0.2) is 97.2 Å². The summed E-state index contributed by atoms with van der Waals surface area (Å²) in [6, 6.07) is -0.908. The van der Waals surface area contributed by atoms with E-state index in [1.165, 1.54) is 154 Å². The van der Waals surface area contributed by atoms with E-state index in [9.17, 15) is 19.0 Å². The molecule has 468 valence electrons. The second-order valence-corrected chi connectivity index (χ2v) is 25.0. The number of nitrogens with zero attached hydrogens (tertiary/aromatic N) is 1. The standard InChI is InChI=1S/C71H127N2O7P/c1-7-10-13-16-19-22-25-28-30-32-34-35-36-37-39-40-42-45-48-51-54-57-60-63-70(74)72-68(67-79-81(76,77)78-66-65-73(4,5)6)69(62-59-56-53-50-47-44-27-24-21-18-15-12-9-3)80-71(75)64-61-58-55-52-49-46-43-41-38-33-31-29-26-23-20-17-14-11-8-2/h11,14,19-20,22-23,28-31,38,41,46,49,59,62,68-69H,7-10,12-13,15-18,21,24-27,32-37,39-40,42-45,47-48,50-58,60-61,63-67H2,1-6H3,(H-,72,74,76,77)/b14-11-,22-19-,23-20-,30-28-,31-29-,41-38-,49-46-,62-59-. The highest BCUT2D eigenvalue weighted by molar-refractivity contribution is 7.45. The minimum atomic E-state index is -4.72. The van der Waals surface area contributed by atoms with Crippen molar-refractivity contribution in [2.45, 2.75) is 303 Å². The van der Waals surface area contributed by atoms with Gasteiger partial charge in [0, 0.05) is 12.8 Å². The predicted molar refractivity (Wildman–Crippen MR) is 348 cm³/mol. The van der Waals surface area contributed by atoms with Gasteiger partial charge in [0.05, 0.1) is 33.8 Å². The highest BCUT2D eigenvalue weighted by atomic mass is 31.2. The molecule has 1 amide bonds. The van der Waals surface area contributed by atoms with Gasteiger partial charge < -0.3 is 28.5 Å². The largest absolute Gasteiger partial charge is 0.756 e. The molecule has 10 heteroatoms. The SMILES string of the molecule is CC/C=C\C/C=C\C/C=C\C/C=C\C/C=C\CCCCCC(=O)OC(/C=C\CCCCCCCCCCCCC)C(COP(=O)([O-])OCC[N+](C)(C)C)NC(=O)CCCCCCCCCCCCCCC/C=C\C/C=C\CCCCC. The van der Waals surface area contributed by atoms with Crippen molar-refractivity contribution in [3.8, 4) is 0 Å². The van der Waals surface area contributed by atoms with E-state index in [0.29, 0.717) is 23.9 Å². The fourth-order valence-electron chi connectivity index (χ4n) is 9.34. The highest BCUT2D eigenvalue weighted by Crippen LogP contribution is 2.38. The summed E-state index contributed by atoms with van der Waals surface area (Å²) < 4.78 is 30.4. The third kappa shape index (κ3) is 61.3. The number of hydrogen-bond donors (Lipinski definition) is 1. The maximum Gasteiger partial charge on any atom is 0.306 e. The average Bonchev–Trinajstić information content (AvgIpc) is 3.44. The van der Waals surface area contributed by atoms with Gasteiger partial charge in [-0.3, -0.25) is 14.2 Å². The molecule has 0 aromatic carbocycles. The van der Waals surface area contributed by atoms with E-state index in [0.717, 1.165) is 96.3 Å². The van der Waals surface area contributed by atoms with E-state index in [-0.39, 0.29) is 24.9 Å². The molecule has 0 fully saturated rings. The van der Waals surface area contributed by atoms with Gasteiger partial charge in [0.15, 0.2) is 0 Å². The smallest absolute Gasteiger partial charge is 0.306 e. The molecule has 9 nitrogen and oxygen atoms in total. The van der Waals surface area contributed by atoms with Gasteiger partial charge in [-0.2, -0.15) is 0 Å². The number of ether oxygens (including phenoxy) is 1. The lowest BCUT2D eigenvalue weighted by atomic mass is 10.0. The number of phosphoric acid groups is 1. The van der Waals surface area contributed by atoms with Crippen molar-refractivity contribution < 1.29 is 37.3 Å². The van der Waals surface area contributed by atoms with Crippen LogP contribution in [0.25, 0.3) is 0 Å². The zero-order valence-corrected chi connectivity index (χ0v) is 54.4. The van der Waals surface area contributed by atoms with Crippen molar-refractivity contribution in [1.82, 2.24) is 5.32 Å². The second-order valence-electron chi connectivity index (χ2n) is 23.6. The van der Waals surface area contributed by atoms with Gasteiger partial charge in [-0.05, 0) is 109 Å². The summed E-state index contributed by atoms with van der Waals surface area (Å²) in [7, 11) is 1.16. The van der Waals surface area contributed by atoms with Crippen LogP contribution in [0.4, 0.5) is 0 Å². The normalized spacial score (nSPS) is 14.2. The lowest BCUT2D eigenvalue weighted by Gasteiger charge is -2.30. The minimum absolute atomic E-state index is 0.0316. The van der Waals surface area contributed by atoms with Crippen LogP contribution in [0.3, 0.4) is 0 Å². The Morgan fingerprint density at radius 1 is 0.444 bits per heavy atom. The van der Waals surface area contributed by atoms with Gasteiger partial charge in [-0.25, -0.2) is 0 Å². The third-order valence-electron chi connectivity index (χ3n) is 14.5. The van der Waals surface area contributed by atoms with Gasteiger partial charge in [-0.1, -0.05) is 266 Å². The lowest BCUT2D eigenvalue weighted by molar-refractivity contribution is -0.870. The first-order valence-electron chi connectivity index (χ1n) is 33.5. The van der Waals surface area contributed by atoms with Crippen LogP contribution < -0.4 is 10.2 Å². The molecule has 0 aromatic heterocycles. The molecule has 0 saturated carbocycles. The summed E-state index contributed by atoms with van der Waals surface area (Å²) in [6.07, 6.45) is 80.9. The van der Waals surface area contributed by atoms with Gasteiger partial charge in [0.25, 0.3) is 7.82 Å². The summed E-state index contributed by atoms with van der Waals surface area (Å²) >= 11 is 0. The molecular formula is C71H127N2O7P. The number of quaternary nitrogens is 1. The van der Waals surface area contributed by atoms with Gasteiger partial charge >= 0.3 is 5.97 Å². The molecule has 81 heavy (non-hydrogen) atoms. The van der Waals surface area contributed by atoms with E-state index in [4.69, 9.17) is 13.8 Å². The Bertz CT molecular complexity index is 1710. The monoisotopic (exact) mass is 1150 g/mol. The fraction of sp³-hybridized carbons (Fsp3) is 0.746. The van der Waals surface area contributed by atoms with Gasteiger partial charge in [0.1, 0.15) is 19.3 Å². The average molecular weight is 1150 g/mol. The Morgan fingerprint density at radius 2 is 0.790 bits per heavy atom. The minimum Gasteiger partial charge on any atom is -0.756 e. The third-order valence-corrected chi connectivity index (χ3v) is 15.5. The van der Waals surface area contributed by atoms with Crippen LogP contribution in [0, 0.1) is 0 Å². The molecule has 0 aliphatic heterocycles. The van der Waals surface area contributed by atoms with Crippen molar-refractivity contribution in [3.63, 3.8) is 0 Å². The maximum absolute atomic E-state index is 13.6. The molecule has 0 radical (unpaired) electrons. The summed E-state index contributed by atoms with van der Waals surface area (Å²) in [6.45, 7) is 6.70.